The fraction of sp³-hybridized carbons (Fsp3) is 0.280. The van der Waals surface area contributed by atoms with Crippen LogP contribution in [0.2, 0.25) is 0 Å². The van der Waals surface area contributed by atoms with Gasteiger partial charge in [-0.2, -0.15) is 5.10 Å². The molecule has 4 aromatic rings. The van der Waals surface area contributed by atoms with Crippen molar-refractivity contribution < 1.29 is 24.1 Å². The summed E-state index contributed by atoms with van der Waals surface area (Å²) in [6, 6.07) is 10.1. The summed E-state index contributed by atoms with van der Waals surface area (Å²) in [4.78, 5) is 20.9. The van der Waals surface area contributed by atoms with Crippen molar-refractivity contribution in [3.05, 3.63) is 47.7 Å². The number of aromatic carboxylic acids is 1. The number of benzene rings is 2. The lowest BCUT2D eigenvalue weighted by molar-refractivity contribution is 0.0697. The number of carbonyl (C=O) groups is 1. The highest BCUT2D eigenvalue weighted by atomic mass is 16.5. The third-order valence-electron chi connectivity index (χ3n) is 5.56. The second kappa shape index (κ2) is 9.88. The van der Waals surface area contributed by atoms with Gasteiger partial charge in [0.2, 0.25) is 5.75 Å². The Labute approximate surface area is 202 Å². The zero-order chi connectivity index (χ0) is 25.1. The van der Waals surface area contributed by atoms with Gasteiger partial charge in [-0.25, -0.2) is 14.8 Å². The number of methoxy groups -OCH3 is 3. The maximum Gasteiger partial charge on any atom is 0.335 e. The third kappa shape index (κ3) is 4.54. The molecular weight excluding hydrogens is 450 g/mol. The normalized spacial score (nSPS) is 10.9. The van der Waals surface area contributed by atoms with Crippen LogP contribution >= 0.6 is 0 Å². The first-order chi connectivity index (χ1) is 16.9. The first kappa shape index (κ1) is 23.8. The van der Waals surface area contributed by atoms with Crippen molar-refractivity contribution in [3.8, 4) is 28.6 Å². The van der Waals surface area contributed by atoms with Crippen LogP contribution in [-0.4, -0.2) is 52.2 Å². The molecule has 0 saturated carbocycles. The van der Waals surface area contributed by atoms with Crippen LogP contribution in [-0.2, 0) is 13.5 Å². The molecule has 0 amide bonds. The lowest BCUT2D eigenvalue weighted by Crippen LogP contribution is -2.03. The van der Waals surface area contributed by atoms with Gasteiger partial charge in [0.1, 0.15) is 11.0 Å². The Hall–Kier alpha value is -4.34. The number of hydrogen-bond acceptors (Lipinski definition) is 8. The molecule has 2 aromatic heterocycles. The Balaban J connectivity index is 1.91. The van der Waals surface area contributed by atoms with E-state index in [-0.39, 0.29) is 5.56 Å². The molecule has 0 atom stereocenters. The second-order valence-electron chi connectivity index (χ2n) is 7.83. The minimum absolute atomic E-state index is 0.201. The standard InChI is InChI=1S/C25H27N5O5/c1-6-7-17-20-21(30(2)29-17)24(26-16-10-8-14(9-11-16)25(31)32)28-23(27-20)15-12-18(33-3)22(35-5)19(13-15)34-4/h8-13H,6-7H2,1-5H3,(H,31,32)(H,26,27,28). The van der Waals surface area contributed by atoms with E-state index in [2.05, 4.69) is 17.3 Å². The number of fused-ring (bicyclic) bond motifs is 1. The SMILES string of the molecule is CCCc1nn(C)c2c(Nc3ccc(C(=O)O)cc3)nc(-c3cc(OC)c(OC)c(OC)c3)nc12. The summed E-state index contributed by atoms with van der Waals surface area (Å²) in [5.41, 5.74) is 3.91. The van der Waals surface area contributed by atoms with E-state index in [9.17, 15) is 9.90 Å². The molecule has 0 aliphatic carbocycles. The largest absolute Gasteiger partial charge is 0.493 e. The van der Waals surface area contributed by atoms with E-state index >= 15 is 0 Å². The van der Waals surface area contributed by atoms with Gasteiger partial charge in [0.05, 0.1) is 32.6 Å². The Bertz CT molecular complexity index is 1360. The van der Waals surface area contributed by atoms with E-state index in [4.69, 9.17) is 24.2 Å². The summed E-state index contributed by atoms with van der Waals surface area (Å²) in [6.07, 6.45) is 1.67. The molecule has 182 valence electrons. The van der Waals surface area contributed by atoms with E-state index < -0.39 is 5.97 Å². The topological polar surface area (TPSA) is 121 Å². The highest BCUT2D eigenvalue weighted by Gasteiger charge is 2.21. The Kier molecular flexibility index (Phi) is 6.72. The number of aryl methyl sites for hydroxylation is 2. The molecule has 4 rings (SSSR count). The highest BCUT2D eigenvalue weighted by Crippen LogP contribution is 2.41. The first-order valence-electron chi connectivity index (χ1n) is 11.0. The fourth-order valence-electron chi connectivity index (χ4n) is 3.91. The molecule has 2 N–H and O–H groups in total. The molecule has 0 bridgehead atoms. The van der Waals surface area contributed by atoms with Crippen LogP contribution in [0.1, 0.15) is 29.4 Å². The van der Waals surface area contributed by atoms with Crippen LogP contribution < -0.4 is 19.5 Å². The number of rotatable bonds is 9. The van der Waals surface area contributed by atoms with Gasteiger partial charge in [-0.3, -0.25) is 4.68 Å². The first-order valence-corrected chi connectivity index (χ1v) is 11.0. The van der Waals surface area contributed by atoms with Crippen molar-refractivity contribution >= 4 is 28.5 Å². The Morgan fingerprint density at radius 1 is 1.03 bits per heavy atom. The molecule has 0 aliphatic rings. The summed E-state index contributed by atoms with van der Waals surface area (Å²) in [7, 11) is 6.51. The van der Waals surface area contributed by atoms with Gasteiger partial charge in [-0.15, -0.1) is 0 Å². The maximum absolute atomic E-state index is 11.2. The van der Waals surface area contributed by atoms with Crippen LogP contribution in [0.25, 0.3) is 22.4 Å². The summed E-state index contributed by atoms with van der Waals surface area (Å²) < 4.78 is 18.2. The lowest BCUT2D eigenvalue weighted by atomic mass is 10.1. The molecular formula is C25H27N5O5. The summed E-state index contributed by atoms with van der Waals surface area (Å²) in [6.45, 7) is 2.09. The second-order valence-corrected chi connectivity index (χ2v) is 7.83. The van der Waals surface area contributed by atoms with Gasteiger partial charge in [-0.05, 0) is 42.8 Å². The van der Waals surface area contributed by atoms with E-state index in [0.717, 1.165) is 29.6 Å². The number of nitrogens with zero attached hydrogens (tertiary/aromatic N) is 4. The van der Waals surface area contributed by atoms with Gasteiger partial charge in [0.15, 0.2) is 23.1 Å². The minimum Gasteiger partial charge on any atom is -0.493 e. The predicted octanol–water partition coefficient (Wildman–Crippen LogP) is 4.45. The summed E-state index contributed by atoms with van der Waals surface area (Å²) in [5, 5.41) is 17.2. The Morgan fingerprint density at radius 3 is 2.23 bits per heavy atom. The van der Waals surface area contributed by atoms with Crippen LogP contribution in [0.4, 0.5) is 11.5 Å². The number of ether oxygens (including phenoxy) is 3. The average molecular weight is 478 g/mol. The quantitative estimate of drug-likeness (QED) is 0.360. The minimum atomic E-state index is -0.985. The molecule has 0 fully saturated rings. The van der Waals surface area contributed by atoms with E-state index in [1.54, 1.807) is 50.3 Å². The third-order valence-corrected chi connectivity index (χ3v) is 5.56. The summed E-state index contributed by atoms with van der Waals surface area (Å²) >= 11 is 0. The van der Waals surface area contributed by atoms with Crippen LogP contribution in [0.5, 0.6) is 17.2 Å². The van der Waals surface area contributed by atoms with Crippen molar-refractivity contribution in [2.24, 2.45) is 7.05 Å². The molecule has 2 aromatic carbocycles. The van der Waals surface area contributed by atoms with Gasteiger partial charge >= 0.3 is 5.97 Å². The van der Waals surface area contributed by atoms with E-state index in [1.807, 2.05) is 7.05 Å². The molecule has 0 aliphatic heterocycles. The van der Waals surface area contributed by atoms with Crippen LogP contribution in [0.15, 0.2) is 36.4 Å². The van der Waals surface area contributed by atoms with Crippen molar-refractivity contribution in [2.45, 2.75) is 19.8 Å². The molecule has 10 heteroatoms. The van der Waals surface area contributed by atoms with E-state index in [1.165, 1.54) is 12.1 Å². The molecule has 10 nitrogen and oxygen atoms in total. The highest BCUT2D eigenvalue weighted by molar-refractivity contribution is 5.92. The predicted molar refractivity (Wildman–Crippen MR) is 132 cm³/mol. The fourth-order valence-corrected chi connectivity index (χ4v) is 3.91. The molecule has 35 heavy (non-hydrogen) atoms. The van der Waals surface area contributed by atoms with Gasteiger partial charge in [0.25, 0.3) is 0 Å². The average Bonchev–Trinajstić information content (AvgIpc) is 3.18. The zero-order valence-corrected chi connectivity index (χ0v) is 20.2. The molecule has 0 spiro atoms. The number of carboxylic acid groups (broad SMARTS) is 1. The summed E-state index contributed by atoms with van der Waals surface area (Å²) in [5.74, 6) is 1.46. The lowest BCUT2D eigenvalue weighted by Gasteiger charge is -2.15. The van der Waals surface area contributed by atoms with Crippen molar-refractivity contribution in [2.75, 3.05) is 26.6 Å². The molecule has 0 unspecified atom stereocenters. The molecule has 2 heterocycles. The van der Waals surface area contributed by atoms with Crippen molar-refractivity contribution in [3.63, 3.8) is 0 Å². The van der Waals surface area contributed by atoms with Crippen LogP contribution in [0, 0.1) is 0 Å². The maximum atomic E-state index is 11.2. The van der Waals surface area contributed by atoms with Crippen molar-refractivity contribution in [1.82, 2.24) is 19.7 Å². The zero-order valence-electron chi connectivity index (χ0n) is 20.2. The molecule has 0 saturated heterocycles. The monoisotopic (exact) mass is 477 g/mol. The number of aromatic nitrogens is 4. The van der Waals surface area contributed by atoms with E-state index in [0.29, 0.717) is 40.1 Å². The number of nitrogens with one attached hydrogen (secondary N) is 1. The van der Waals surface area contributed by atoms with Crippen LogP contribution in [0.3, 0.4) is 0 Å². The van der Waals surface area contributed by atoms with Gasteiger partial charge < -0.3 is 24.6 Å². The molecule has 0 radical (unpaired) electrons. The van der Waals surface area contributed by atoms with Gasteiger partial charge in [0, 0.05) is 18.3 Å². The number of hydrogen-bond donors (Lipinski definition) is 2. The Morgan fingerprint density at radius 2 is 1.69 bits per heavy atom. The van der Waals surface area contributed by atoms with Crippen molar-refractivity contribution in [1.29, 1.82) is 0 Å². The van der Waals surface area contributed by atoms with Gasteiger partial charge in [-0.1, -0.05) is 13.3 Å². The number of anilines is 2. The number of carboxylic acids is 1. The smallest absolute Gasteiger partial charge is 0.335 e.